The van der Waals surface area contributed by atoms with Crippen LogP contribution in [0.15, 0.2) is 24.3 Å². The van der Waals surface area contributed by atoms with Gasteiger partial charge in [-0.2, -0.15) is 0 Å². The van der Waals surface area contributed by atoms with E-state index in [-0.39, 0.29) is 17.2 Å². The number of ketones is 1. The molecule has 1 aromatic rings. The maximum absolute atomic E-state index is 12.1. The van der Waals surface area contributed by atoms with Crippen LogP contribution in [0.4, 0.5) is 0 Å². The van der Waals surface area contributed by atoms with Crippen LogP contribution in [0.1, 0.15) is 35.7 Å². The van der Waals surface area contributed by atoms with E-state index in [1.165, 1.54) is 6.92 Å². The molecule has 0 saturated carbocycles. The van der Waals surface area contributed by atoms with Gasteiger partial charge in [0.1, 0.15) is 0 Å². The highest BCUT2D eigenvalue weighted by atomic mass is 16.5. The van der Waals surface area contributed by atoms with E-state index in [1.54, 1.807) is 14.2 Å². The van der Waals surface area contributed by atoms with Gasteiger partial charge in [0.05, 0.1) is 25.9 Å². The standard InChI is InChI=1S/C19H25NO4/c1-12(21)15-9-13(10-16(23-3)18(15)24-4)19-6-5-14(22)11-17(19)20(2)8-7-19/h5-6,9-10,14,17,22H,7-8,11H2,1-4H3/t14-,17+,19+/m1/s1. The van der Waals surface area contributed by atoms with Crippen molar-refractivity contribution in [2.75, 3.05) is 27.8 Å². The Hall–Kier alpha value is -1.85. The van der Waals surface area contributed by atoms with Crippen molar-refractivity contribution < 1.29 is 19.4 Å². The van der Waals surface area contributed by atoms with Gasteiger partial charge in [-0.3, -0.25) is 4.79 Å². The number of likely N-dealkylation sites (tertiary alicyclic amines) is 1. The lowest BCUT2D eigenvalue weighted by molar-refractivity contribution is 0.101. The van der Waals surface area contributed by atoms with E-state index in [9.17, 15) is 9.90 Å². The highest BCUT2D eigenvalue weighted by Crippen LogP contribution is 2.48. The summed E-state index contributed by atoms with van der Waals surface area (Å²) in [5.74, 6) is 1.00. The zero-order valence-corrected chi connectivity index (χ0v) is 14.7. The molecular weight excluding hydrogens is 306 g/mol. The molecule has 5 heteroatoms. The highest BCUT2D eigenvalue weighted by molar-refractivity contribution is 5.98. The summed E-state index contributed by atoms with van der Waals surface area (Å²) in [5.41, 5.74) is 1.37. The molecule has 2 aliphatic rings. The third kappa shape index (κ3) is 2.52. The smallest absolute Gasteiger partial charge is 0.171 e. The summed E-state index contributed by atoms with van der Waals surface area (Å²) < 4.78 is 10.9. The van der Waals surface area contributed by atoms with Crippen molar-refractivity contribution in [3.05, 3.63) is 35.4 Å². The van der Waals surface area contributed by atoms with E-state index in [0.29, 0.717) is 23.5 Å². The van der Waals surface area contributed by atoms with Crippen LogP contribution in [0.2, 0.25) is 0 Å². The van der Waals surface area contributed by atoms with Crippen molar-refractivity contribution in [3.63, 3.8) is 0 Å². The van der Waals surface area contributed by atoms with Gasteiger partial charge >= 0.3 is 0 Å². The van der Waals surface area contributed by atoms with Crippen LogP contribution in [-0.4, -0.2) is 55.7 Å². The van der Waals surface area contributed by atoms with Crippen LogP contribution in [0.25, 0.3) is 0 Å². The largest absolute Gasteiger partial charge is 0.493 e. The summed E-state index contributed by atoms with van der Waals surface area (Å²) in [5, 5.41) is 10.0. The Balaban J connectivity index is 2.19. The first kappa shape index (κ1) is 17.0. The van der Waals surface area contributed by atoms with Crippen molar-refractivity contribution >= 4 is 5.78 Å². The summed E-state index contributed by atoms with van der Waals surface area (Å²) in [6, 6.07) is 4.10. The van der Waals surface area contributed by atoms with Gasteiger partial charge < -0.3 is 19.5 Å². The Morgan fingerprint density at radius 1 is 1.33 bits per heavy atom. The van der Waals surface area contributed by atoms with Gasteiger partial charge in [0, 0.05) is 11.5 Å². The van der Waals surface area contributed by atoms with Gasteiger partial charge in [-0.05, 0) is 51.1 Å². The molecule has 1 N–H and O–H groups in total. The summed E-state index contributed by atoms with van der Waals surface area (Å²) in [6.45, 7) is 2.49. The van der Waals surface area contributed by atoms with Gasteiger partial charge in [0.25, 0.3) is 0 Å². The molecular formula is C19H25NO4. The van der Waals surface area contributed by atoms with E-state index in [1.807, 2.05) is 18.2 Å². The third-order valence-corrected chi connectivity index (χ3v) is 5.48. The third-order valence-electron chi connectivity index (χ3n) is 5.48. The molecule has 24 heavy (non-hydrogen) atoms. The Bertz CT molecular complexity index is 684. The zero-order valence-electron chi connectivity index (χ0n) is 14.7. The molecule has 5 nitrogen and oxygen atoms in total. The molecule has 0 aromatic heterocycles. The normalized spacial score (nSPS) is 29.4. The Kier molecular flexibility index (Phi) is 4.40. The quantitative estimate of drug-likeness (QED) is 0.677. The summed E-state index contributed by atoms with van der Waals surface area (Å²) >= 11 is 0. The first-order valence-corrected chi connectivity index (χ1v) is 8.28. The average molecular weight is 331 g/mol. The van der Waals surface area contributed by atoms with Crippen LogP contribution in [-0.2, 0) is 5.41 Å². The number of aliphatic hydroxyl groups is 1. The molecule has 1 aliphatic carbocycles. The van der Waals surface area contributed by atoms with Crippen molar-refractivity contribution in [2.45, 2.75) is 37.3 Å². The number of hydrogen-bond acceptors (Lipinski definition) is 5. The predicted octanol–water partition coefficient (Wildman–Crippen LogP) is 2.17. The van der Waals surface area contributed by atoms with Gasteiger partial charge in [-0.1, -0.05) is 12.2 Å². The molecule has 1 saturated heterocycles. The van der Waals surface area contributed by atoms with Gasteiger partial charge in [0.2, 0.25) is 0 Å². The van der Waals surface area contributed by atoms with E-state index < -0.39 is 6.10 Å². The minimum Gasteiger partial charge on any atom is -0.493 e. The molecule has 0 unspecified atom stereocenters. The molecule has 3 atom stereocenters. The molecule has 0 amide bonds. The SMILES string of the molecule is COc1cc([C@@]23C=C[C@@H](O)C[C@@H]2N(C)CC3)cc(C(C)=O)c1OC. The van der Waals surface area contributed by atoms with Crippen molar-refractivity contribution in [1.29, 1.82) is 0 Å². The fourth-order valence-electron chi connectivity index (χ4n) is 4.18. The molecule has 0 radical (unpaired) electrons. The topological polar surface area (TPSA) is 59.0 Å². The first-order valence-electron chi connectivity index (χ1n) is 8.28. The molecule has 3 rings (SSSR count). The number of carbonyl (C=O) groups is 1. The number of fused-ring (bicyclic) bond motifs is 1. The lowest BCUT2D eigenvalue weighted by Crippen LogP contribution is -2.44. The number of methoxy groups -OCH3 is 2. The number of Topliss-reactive ketones (excluding diaryl/α,β-unsaturated/α-hetero) is 1. The molecule has 130 valence electrons. The van der Waals surface area contributed by atoms with Crippen molar-refractivity contribution in [2.24, 2.45) is 0 Å². The maximum atomic E-state index is 12.1. The fraction of sp³-hybridized carbons (Fsp3) is 0.526. The van der Waals surface area contributed by atoms with Gasteiger partial charge in [-0.25, -0.2) is 0 Å². The number of aliphatic hydroxyl groups excluding tert-OH is 1. The summed E-state index contributed by atoms with van der Waals surface area (Å²) in [4.78, 5) is 14.4. The van der Waals surface area contributed by atoms with Crippen molar-refractivity contribution in [1.82, 2.24) is 4.90 Å². The first-order chi connectivity index (χ1) is 11.4. The summed E-state index contributed by atoms with van der Waals surface area (Å²) in [7, 11) is 5.22. The van der Waals surface area contributed by atoms with Gasteiger partial charge in [0.15, 0.2) is 17.3 Å². The number of likely N-dealkylation sites (N-methyl/N-ethyl adjacent to an activating group) is 1. The van der Waals surface area contributed by atoms with Crippen LogP contribution in [0.5, 0.6) is 11.5 Å². The number of ether oxygens (including phenoxy) is 2. The van der Waals surface area contributed by atoms with E-state index in [4.69, 9.17) is 9.47 Å². The lowest BCUT2D eigenvalue weighted by Gasteiger charge is -2.40. The van der Waals surface area contributed by atoms with E-state index in [0.717, 1.165) is 18.5 Å². The van der Waals surface area contributed by atoms with Crippen LogP contribution in [0.3, 0.4) is 0 Å². The number of rotatable bonds is 4. The number of carbonyl (C=O) groups excluding carboxylic acids is 1. The minimum atomic E-state index is -0.420. The van der Waals surface area contributed by atoms with Crippen LogP contribution >= 0.6 is 0 Å². The second-order valence-electron chi connectivity index (χ2n) is 6.76. The monoisotopic (exact) mass is 331 g/mol. The maximum Gasteiger partial charge on any atom is 0.171 e. The van der Waals surface area contributed by atoms with Gasteiger partial charge in [-0.15, -0.1) is 0 Å². The number of hydrogen-bond donors (Lipinski definition) is 1. The van der Waals surface area contributed by atoms with Crippen LogP contribution in [0, 0.1) is 0 Å². The van der Waals surface area contributed by atoms with Crippen molar-refractivity contribution in [3.8, 4) is 11.5 Å². The molecule has 0 bridgehead atoms. The fourth-order valence-corrected chi connectivity index (χ4v) is 4.18. The highest BCUT2D eigenvalue weighted by Gasteiger charge is 2.48. The number of nitrogens with zero attached hydrogens (tertiary/aromatic N) is 1. The lowest BCUT2D eigenvalue weighted by atomic mass is 9.69. The molecule has 0 spiro atoms. The molecule has 1 aromatic carbocycles. The minimum absolute atomic E-state index is 0.0499. The molecule has 1 heterocycles. The van der Waals surface area contributed by atoms with Crippen LogP contribution < -0.4 is 9.47 Å². The Morgan fingerprint density at radius 2 is 2.08 bits per heavy atom. The predicted molar refractivity (Wildman–Crippen MR) is 92.0 cm³/mol. The Labute approximate surface area is 142 Å². The number of benzene rings is 1. The average Bonchev–Trinajstić information content (AvgIpc) is 2.91. The Morgan fingerprint density at radius 3 is 2.71 bits per heavy atom. The summed E-state index contributed by atoms with van der Waals surface area (Å²) in [6.07, 6.45) is 5.21. The zero-order chi connectivity index (χ0) is 17.5. The molecule has 1 aliphatic heterocycles. The van der Waals surface area contributed by atoms with E-state index in [2.05, 4.69) is 18.0 Å². The second-order valence-corrected chi connectivity index (χ2v) is 6.76. The molecule has 1 fully saturated rings. The van der Waals surface area contributed by atoms with E-state index >= 15 is 0 Å². The second kappa shape index (κ2) is 6.22.